The molecule has 2 aromatic carbocycles. The number of carbonyl (C=O) groups is 1. The predicted octanol–water partition coefficient (Wildman–Crippen LogP) is 2.97. The third kappa shape index (κ3) is 4.34. The van der Waals surface area contributed by atoms with E-state index < -0.39 is 6.04 Å². The van der Waals surface area contributed by atoms with Crippen LogP contribution >= 0.6 is 12.4 Å². The minimum Gasteiger partial charge on any atom is -0.354 e. The van der Waals surface area contributed by atoms with E-state index in [1.54, 1.807) is 12.1 Å². The molecule has 1 amide bonds. The SMILES string of the molecule is Cl.N[C@@H](Cc1ccccc1)C(=O)NCC1(c2cccc(F)c2)CC1. The molecular weight excluding hydrogens is 327 g/mol. The maximum absolute atomic E-state index is 13.4. The maximum Gasteiger partial charge on any atom is 0.237 e. The van der Waals surface area contributed by atoms with E-state index in [-0.39, 0.29) is 29.5 Å². The van der Waals surface area contributed by atoms with Crippen LogP contribution in [0.25, 0.3) is 0 Å². The van der Waals surface area contributed by atoms with Crippen LogP contribution in [0.5, 0.6) is 0 Å². The number of amides is 1. The fourth-order valence-electron chi connectivity index (χ4n) is 2.88. The van der Waals surface area contributed by atoms with Gasteiger partial charge in [-0.25, -0.2) is 4.39 Å². The average molecular weight is 349 g/mol. The summed E-state index contributed by atoms with van der Waals surface area (Å²) in [5.41, 5.74) is 7.87. The fourth-order valence-corrected chi connectivity index (χ4v) is 2.88. The fraction of sp³-hybridized carbons (Fsp3) is 0.316. The molecule has 24 heavy (non-hydrogen) atoms. The second kappa shape index (κ2) is 7.77. The summed E-state index contributed by atoms with van der Waals surface area (Å²) in [4.78, 5) is 12.2. The maximum atomic E-state index is 13.4. The summed E-state index contributed by atoms with van der Waals surface area (Å²) in [7, 11) is 0. The molecule has 0 aromatic heterocycles. The molecule has 3 rings (SSSR count). The Bertz CT molecular complexity index is 689. The van der Waals surface area contributed by atoms with Gasteiger partial charge in [-0.05, 0) is 42.5 Å². The molecule has 0 aliphatic heterocycles. The molecule has 1 aliphatic carbocycles. The van der Waals surface area contributed by atoms with Gasteiger partial charge < -0.3 is 11.1 Å². The van der Waals surface area contributed by atoms with Crippen molar-refractivity contribution in [2.75, 3.05) is 6.54 Å². The molecule has 3 N–H and O–H groups in total. The van der Waals surface area contributed by atoms with Gasteiger partial charge in [-0.1, -0.05) is 42.5 Å². The molecular formula is C19H22ClFN2O. The Balaban J connectivity index is 0.00000208. The Labute approximate surface area is 147 Å². The number of halogens is 2. The number of nitrogens with two attached hydrogens (primary N) is 1. The number of hydrogen-bond acceptors (Lipinski definition) is 2. The third-order valence-electron chi connectivity index (χ3n) is 4.53. The third-order valence-corrected chi connectivity index (χ3v) is 4.53. The van der Waals surface area contributed by atoms with Gasteiger partial charge in [0.2, 0.25) is 5.91 Å². The first-order chi connectivity index (χ1) is 11.1. The molecule has 0 saturated heterocycles. The van der Waals surface area contributed by atoms with Gasteiger partial charge in [-0.3, -0.25) is 4.79 Å². The first-order valence-corrected chi connectivity index (χ1v) is 7.92. The van der Waals surface area contributed by atoms with Gasteiger partial charge in [-0.2, -0.15) is 0 Å². The topological polar surface area (TPSA) is 55.1 Å². The van der Waals surface area contributed by atoms with Crippen LogP contribution in [-0.4, -0.2) is 18.5 Å². The van der Waals surface area contributed by atoms with Gasteiger partial charge >= 0.3 is 0 Å². The lowest BCUT2D eigenvalue weighted by molar-refractivity contribution is -0.122. The van der Waals surface area contributed by atoms with Gasteiger partial charge in [0.15, 0.2) is 0 Å². The van der Waals surface area contributed by atoms with Crippen LogP contribution in [0, 0.1) is 5.82 Å². The lowest BCUT2D eigenvalue weighted by Crippen LogP contribution is -2.44. The predicted molar refractivity (Wildman–Crippen MR) is 95.7 cm³/mol. The summed E-state index contributed by atoms with van der Waals surface area (Å²) >= 11 is 0. The highest BCUT2D eigenvalue weighted by Gasteiger charge is 2.44. The minimum absolute atomic E-state index is 0. The Morgan fingerprint density at radius 1 is 1.17 bits per heavy atom. The zero-order chi connectivity index (χ0) is 16.3. The number of nitrogens with one attached hydrogen (secondary N) is 1. The van der Waals surface area contributed by atoms with E-state index in [1.807, 2.05) is 36.4 Å². The molecule has 0 heterocycles. The summed E-state index contributed by atoms with van der Waals surface area (Å²) in [6, 6.07) is 15.8. The van der Waals surface area contributed by atoms with Gasteiger partial charge in [-0.15, -0.1) is 12.4 Å². The second-order valence-corrected chi connectivity index (χ2v) is 6.30. The van der Waals surface area contributed by atoms with Gasteiger partial charge in [0.25, 0.3) is 0 Å². The second-order valence-electron chi connectivity index (χ2n) is 6.30. The number of rotatable bonds is 6. The summed E-state index contributed by atoms with van der Waals surface area (Å²) in [6.45, 7) is 0.512. The van der Waals surface area contributed by atoms with E-state index in [4.69, 9.17) is 5.73 Å². The summed E-state index contributed by atoms with van der Waals surface area (Å²) in [6.07, 6.45) is 2.44. The van der Waals surface area contributed by atoms with E-state index in [0.29, 0.717) is 13.0 Å². The van der Waals surface area contributed by atoms with Gasteiger partial charge in [0, 0.05) is 12.0 Å². The van der Waals surface area contributed by atoms with Crippen LogP contribution in [0.4, 0.5) is 4.39 Å². The van der Waals surface area contributed by atoms with E-state index in [2.05, 4.69) is 5.32 Å². The zero-order valence-corrected chi connectivity index (χ0v) is 14.2. The quantitative estimate of drug-likeness (QED) is 0.843. The zero-order valence-electron chi connectivity index (χ0n) is 13.4. The molecule has 0 radical (unpaired) electrons. The Kier molecular flexibility index (Phi) is 5.97. The standard InChI is InChI=1S/C19H21FN2O.ClH/c20-16-8-4-7-15(12-16)19(9-10-19)13-22-18(23)17(21)11-14-5-2-1-3-6-14;/h1-8,12,17H,9-11,13,21H2,(H,22,23);1H/t17-;/m0./s1. The lowest BCUT2D eigenvalue weighted by atomic mass is 9.95. The molecule has 0 unspecified atom stereocenters. The summed E-state index contributed by atoms with van der Waals surface area (Å²) in [5.74, 6) is -0.391. The van der Waals surface area contributed by atoms with E-state index in [9.17, 15) is 9.18 Å². The smallest absolute Gasteiger partial charge is 0.237 e. The largest absolute Gasteiger partial charge is 0.354 e. The number of benzene rings is 2. The van der Waals surface area contributed by atoms with Crippen molar-refractivity contribution >= 4 is 18.3 Å². The molecule has 1 atom stereocenters. The van der Waals surface area contributed by atoms with Crippen LogP contribution in [0.15, 0.2) is 54.6 Å². The molecule has 0 spiro atoms. The Morgan fingerprint density at radius 3 is 2.50 bits per heavy atom. The monoisotopic (exact) mass is 348 g/mol. The molecule has 5 heteroatoms. The first-order valence-electron chi connectivity index (χ1n) is 7.92. The number of carbonyl (C=O) groups excluding carboxylic acids is 1. The van der Waals surface area contributed by atoms with Crippen LogP contribution in [0.1, 0.15) is 24.0 Å². The van der Waals surface area contributed by atoms with E-state index in [0.717, 1.165) is 24.0 Å². The Hall–Kier alpha value is -1.91. The van der Waals surface area contributed by atoms with Crippen molar-refractivity contribution in [2.45, 2.75) is 30.7 Å². The average Bonchev–Trinajstić information content (AvgIpc) is 3.35. The van der Waals surface area contributed by atoms with Crippen molar-refractivity contribution in [1.29, 1.82) is 0 Å². The van der Waals surface area contributed by atoms with Crippen molar-refractivity contribution in [3.05, 3.63) is 71.5 Å². The van der Waals surface area contributed by atoms with Gasteiger partial charge in [0.1, 0.15) is 5.82 Å². The van der Waals surface area contributed by atoms with Gasteiger partial charge in [0.05, 0.1) is 6.04 Å². The van der Waals surface area contributed by atoms with Crippen molar-refractivity contribution in [1.82, 2.24) is 5.32 Å². The lowest BCUT2D eigenvalue weighted by Gasteiger charge is -2.19. The van der Waals surface area contributed by atoms with E-state index >= 15 is 0 Å². The summed E-state index contributed by atoms with van der Waals surface area (Å²) in [5, 5.41) is 2.94. The van der Waals surface area contributed by atoms with Crippen molar-refractivity contribution in [3.8, 4) is 0 Å². The molecule has 1 fully saturated rings. The molecule has 3 nitrogen and oxygen atoms in total. The van der Waals surface area contributed by atoms with Crippen molar-refractivity contribution in [2.24, 2.45) is 5.73 Å². The van der Waals surface area contributed by atoms with E-state index in [1.165, 1.54) is 6.07 Å². The van der Waals surface area contributed by atoms with Crippen LogP contribution < -0.4 is 11.1 Å². The van der Waals surface area contributed by atoms with Crippen LogP contribution in [-0.2, 0) is 16.6 Å². The van der Waals surface area contributed by atoms with Crippen molar-refractivity contribution in [3.63, 3.8) is 0 Å². The molecule has 1 saturated carbocycles. The molecule has 128 valence electrons. The first kappa shape index (κ1) is 18.4. The molecule has 2 aromatic rings. The Morgan fingerprint density at radius 2 is 1.88 bits per heavy atom. The van der Waals surface area contributed by atoms with Crippen LogP contribution in [0.3, 0.4) is 0 Å². The normalized spacial score (nSPS) is 15.9. The minimum atomic E-state index is -0.569. The highest BCUT2D eigenvalue weighted by molar-refractivity contribution is 5.85. The highest BCUT2D eigenvalue weighted by Crippen LogP contribution is 2.47. The van der Waals surface area contributed by atoms with Crippen LogP contribution in [0.2, 0.25) is 0 Å². The molecule has 0 bridgehead atoms. The summed E-state index contributed by atoms with van der Waals surface area (Å²) < 4.78 is 13.4. The highest BCUT2D eigenvalue weighted by atomic mass is 35.5. The molecule has 1 aliphatic rings. The number of hydrogen-bond donors (Lipinski definition) is 2. The van der Waals surface area contributed by atoms with Crippen molar-refractivity contribution < 1.29 is 9.18 Å².